The van der Waals surface area contributed by atoms with E-state index in [2.05, 4.69) is 20.6 Å². The van der Waals surface area contributed by atoms with Crippen LogP contribution in [0.4, 0.5) is 0 Å². The van der Waals surface area contributed by atoms with Gasteiger partial charge in [-0.1, -0.05) is 39.8 Å². The summed E-state index contributed by atoms with van der Waals surface area (Å²) in [6.07, 6.45) is 4.88. The minimum absolute atomic E-state index is 0.0104. The van der Waals surface area contributed by atoms with Crippen molar-refractivity contribution < 1.29 is 23.5 Å². The average molecular weight is 495 g/mol. The van der Waals surface area contributed by atoms with E-state index in [0.717, 1.165) is 18.4 Å². The highest BCUT2D eigenvalue weighted by molar-refractivity contribution is 6.15. The molecule has 0 unspecified atom stereocenters. The normalized spacial score (nSPS) is 13.9. The molecule has 1 aromatic carbocycles. The maximum Gasteiger partial charge on any atom is 0.328 e. The number of ether oxygens (including phenoxy) is 1. The number of amides is 2. The Kier molecular flexibility index (Phi) is 9.16. The molecule has 9 heteroatoms. The number of benzene rings is 1. The first-order chi connectivity index (χ1) is 17.3. The van der Waals surface area contributed by atoms with Gasteiger partial charge in [-0.15, -0.1) is 0 Å². The lowest BCUT2D eigenvalue weighted by atomic mass is 10.0. The highest BCUT2D eigenvalue weighted by Crippen LogP contribution is 2.23. The van der Waals surface area contributed by atoms with Gasteiger partial charge in [-0.3, -0.25) is 14.6 Å². The lowest BCUT2D eigenvalue weighted by Gasteiger charge is -2.19. The molecule has 1 aliphatic heterocycles. The number of nitrogens with zero attached hydrogens (tertiary/aromatic N) is 2. The van der Waals surface area contributed by atoms with Crippen LogP contribution in [0, 0.1) is 5.92 Å². The zero-order valence-corrected chi connectivity index (χ0v) is 21.5. The molecule has 2 N–H and O–H groups in total. The van der Waals surface area contributed by atoms with Crippen LogP contribution in [-0.4, -0.2) is 53.7 Å². The van der Waals surface area contributed by atoms with E-state index in [4.69, 9.17) is 9.15 Å². The first-order valence-electron chi connectivity index (χ1n) is 12.4. The van der Waals surface area contributed by atoms with Gasteiger partial charge in [0.15, 0.2) is 0 Å². The van der Waals surface area contributed by atoms with Crippen LogP contribution in [0.5, 0.6) is 0 Å². The Labute approximate surface area is 211 Å². The molecule has 0 bridgehead atoms. The molecule has 1 atom stereocenters. The van der Waals surface area contributed by atoms with Gasteiger partial charge in [-0.25, -0.2) is 9.78 Å². The van der Waals surface area contributed by atoms with Crippen molar-refractivity contribution in [3.05, 3.63) is 53.4 Å². The summed E-state index contributed by atoms with van der Waals surface area (Å²) in [6, 6.07) is 6.74. The van der Waals surface area contributed by atoms with Gasteiger partial charge in [0.2, 0.25) is 17.6 Å². The fourth-order valence-electron chi connectivity index (χ4n) is 3.78. The van der Waals surface area contributed by atoms with Gasteiger partial charge >= 0.3 is 5.97 Å². The predicted molar refractivity (Wildman–Crippen MR) is 137 cm³/mol. The Morgan fingerprint density at radius 1 is 1.06 bits per heavy atom. The number of hydrogen-bond donors (Lipinski definition) is 2. The van der Waals surface area contributed by atoms with Crippen LogP contribution in [0.25, 0.3) is 11.5 Å². The number of allylic oxidation sites excluding steroid dienone is 1. The number of carbonyl (C=O) groups excluding carboxylic acids is 3. The van der Waals surface area contributed by atoms with E-state index in [-0.39, 0.29) is 36.1 Å². The van der Waals surface area contributed by atoms with Gasteiger partial charge in [0.1, 0.15) is 6.04 Å². The molecule has 2 heterocycles. The van der Waals surface area contributed by atoms with Crippen LogP contribution < -0.4 is 10.6 Å². The maximum atomic E-state index is 12.7. The van der Waals surface area contributed by atoms with E-state index in [0.29, 0.717) is 23.4 Å². The molecular weight excluding hydrogens is 460 g/mol. The summed E-state index contributed by atoms with van der Waals surface area (Å²) in [5, 5.41) is 5.71. The molecule has 0 spiro atoms. The van der Waals surface area contributed by atoms with Crippen molar-refractivity contribution in [2.24, 2.45) is 10.9 Å². The number of carbonyl (C=O) groups is 3. The molecule has 2 amide bonds. The van der Waals surface area contributed by atoms with Gasteiger partial charge in [-0.2, -0.15) is 0 Å². The van der Waals surface area contributed by atoms with Gasteiger partial charge < -0.3 is 19.8 Å². The van der Waals surface area contributed by atoms with Crippen molar-refractivity contribution in [1.82, 2.24) is 15.6 Å². The second-order valence-corrected chi connectivity index (χ2v) is 8.92. The van der Waals surface area contributed by atoms with Crippen LogP contribution in [0.1, 0.15) is 63.6 Å². The molecule has 192 valence electrons. The van der Waals surface area contributed by atoms with Crippen molar-refractivity contribution in [3.8, 4) is 11.5 Å². The predicted octanol–water partition coefficient (Wildman–Crippen LogP) is 3.69. The number of aliphatic imine (C=N–C) groups is 1. The summed E-state index contributed by atoms with van der Waals surface area (Å²) in [4.78, 5) is 46.2. The zero-order valence-electron chi connectivity index (χ0n) is 21.5. The van der Waals surface area contributed by atoms with E-state index >= 15 is 0 Å². The number of nitrogens with one attached hydrogen (secondary N) is 2. The minimum atomic E-state index is -0.794. The summed E-state index contributed by atoms with van der Waals surface area (Å²) in [5.41, 5.74) is 2.79. The van der Waals surface area contributed by atoms with Crippen molar-refractivity contribution in [1.29, 1.82) is 0 Å². The third kappa shape index (κ3) is 6.47. The lowest BCUT2D eigenvalue weighted by molar-refractivity contribution is -0.146. The number of oxazole rings is 1. The van der Waals surface area contributed by atoms with Gasteiger partial charge in [0.25, 0.3) is 5.91 Å². The first-order valence-corrected chi connectivity index (χ1v) is 12.4. The number of hydrogen-bond acceptors (Lipinski definition) is 7. The monoisotopic (exact) mass is 494 g/mol. The summed E-state index contributed by atoms with van der Waals surface area (Å²) in [7, 11) is 0. The molecule has 0 aliphatic carbocycles. The van der Waals surface area contributed by atoms with Crippen LogP contribution in [0.3, 0.4) is 0 Å². The Morgan fingerprint density at radius 2 is 1.78 bits per heavy atom. The molecular formula is C27H34N4O5. The third-order valence-corrected chi connectivity index (χ3v) is 5.97. The van der Waals surface area contributed by atoms with E-state index < -0.39 is 17.9 Å². The average Bonchev–Trinajstić information content (AvgIpc) is 3.56. The SMILES string of the molecule is CCOC(=O)[C@H](NC(=O)c1cnc(-c2cccc(C3=NCC(C(=O)NC(CC)CC)=C3)c2)o1)C(C)C. The van der Waals surface area contributed by atoms with E-state index in [9.17, 15) is 14.4 Å². The Bertz CT molecular complexity index is 1160. The van der Waals surface area contributed by atoms with Crippen molar-refractivity contribution in [2.75, 3.05) is 13.2 Å². The molecule has 0 fully saturated rings. The maximum absolute atomic E-state index is 12.7. The summed E-state index contributed by atoms with van der Waals surface area (Å²) in [5.74, 6) is -1.05. The summed E-state index contributed by atoms with van der Waals surface area (Å²) >= 11 is 0. The Balaban J connectivity index is 1.73. The van der Waals surface area contributed by atoms with Crippen LogP contribution in [-0.2, 0) is 14.3 Å². The smallest absolute Gasteiger partial charge is 0.328 e. The quantitative estimate of drug-likeness (QED) is 0.459. The van der Waals surface area contributed by atoms with Gasteiger partial charge in [-0.05, 0) is 43.9 Å². The molecule has 1 aliphatic rings. The number of esters is 1. The topological polar surface area (TPSA) is 123 Å². The minimum Gasteiger partial charge on any atom is -0.464 e. The van der Waals surface area contributed by atoms with Gasteiger partial charge in [0, 0.05) is 22.7 Å². The number of rotatable bonds is 11. The molecule has 1 aromatic heterocycles. The third-order valence-electron chi connectivity index (χ3n) is 5.97. The second kappa shape index (κ2) is 12.3. The highest BCUT2D eigenvalue weighted by atomic mass is 16.5. The highest BCUT2D eigenvalue weighted by Gasteiger charge is 2.27. The first kappa shape index (κ1) is 26.8. The standard InChI is InChI=1S/C27H34N4O5/c1-6-20(7-2)30-24(32)19-13-21(28-14-19)17-10-9-11-18(12-17)26-29-15-22(36-26)25(33)31-23(16(4)5)27(34)35-8-3/h9-13,15-16,20,23H,6-8,14H2,1-5H3,(H,30,32)(H,31,33)/t23-/m1/s1. The molecule has 3 rings (SSSR count). The van der Waals surface area contributed by atoms with Crippen molar-refractivity contribution in [3.63, 3.8) is 0 Å². The largest absolute Gasteiger partial charge is 0.464 e. The van der Waals surface area contributed by atoms with Crippen LogP contribution >= 0.6 is 0 Å². The van der Waals surface area contributed by atoms with Crippen molar-refractivity contribution in [2.45, 2.75) is 59.5 Å². The summed E-state index contributed by atoms with van der Waals surface area (Å²) in [6.45, 7) is 10.0. The van der Waals surface area contributed by atoms with Crippen molar-refractivity contribution >= 4 is 23.5 Å². The van der Waals surface area contributed by atoms with Gasteiger partial charge in [0.05, 0.1) is 25.1 Å². The van der Waals surface area contributed by atoms with E-state index in [1.165, 1.54) is 6.20 Å². The fourth-order valence-corrected chi connectivity index (χ4v) is 3.78. The molecule has 0 radical (unpaired) electrons. The van der Waals surface area contributed by atoms with Crippen LogP contribution in [0.15, 0.2) is 51.5 Å². The Morgan fingerprint density at radius 3 is 2.44 bits per heavy atom. The number of aromatic nitrogens is 1. The molecule has 9 nitrogen and oxygen atoms in total. The molecule has 36 heavy (non-hydrogen) atoms. The van der Waals surface area contributed by atoms with Crippen LogP contribution in [0.2, 0.25) is 0 Å². The van der Waals surface area contributed by atoms with E-state index in [1.54, 1.807) is 13.0 Å². The molecule has 0 saturated heterocycles. The summed E-state index contributed by atoms with van der Waals surface area (Å²) < 4.78 is 10.8. The second-order valence-electron chi connectivity index (χ2n) is 8.92. The molecule has 0 saturated carbocycles. The zero-order chi connectivity index (χ0) is 26.2. The Hall–Kier alpha value is -3.75. The molecule has 2 aromatic rings. The lowest BCUT2D eigenvalue weighted by Crippen LogP contribution is -2.45. The van der Waals surface area contributed by atoms with E-state index in [1.807, 2.05) is 52.0 Å². The fraction of sp³-hybridized carbons (Fsp3) is 0.444.